The third-order valence-electron chi connectivity index (χ3n) is 5.50. The number of amides is 1. The first-order valence-corrected chi connectivity index (χ1v) is 9.56. The predicted octanol–water partition coefficient (Wildman–Crippen LogP) is 4.22. The topological polar surface area (TPSA) is 38.1 Å². The van der Waals surface area contributed by atoms with Gasteiger partial charge in [0.05, 0.1) is 16.7 Å². The van der Waals surface area contributed by atoms with E-state index in [-0.39, 0.29) is 5.91 Å². The van der Waals surface area contributed by atoms with Crippen molar-refractivity contribution < 1.29 is 4.79 Å². The third-order valence-corrected chi connectivity index (χ3v) is 5.91. The Morgan fingerprint density at radius 1 is 1.17 bits per heavy atom. The quantitative estimate of drug-likeness (QED) is 0.790. The van der Waals surface area contributed by atoms with Gasteiger partial charge in [0.15, 0.2) is 0 Å². The van der Waals surface area contributed by atoms with E-state index in [0.29, 0.717) is 18.1 Å². The van der Waals surface area contributed by atoms with Gasteiger partial charge in [0, 0.05) is 23.8 Å². The van der Waals surface area contributed by atoms with Crippen LogP contribution in [0, 0.1) is 0 Å². The third kappa shape index (κ3) is 2.79. The summed E-state index contributed by atoms with van der Waals surface area (Å²) in [5, 5.41) is 4.45. The summed E-state index contributed by atoms with van der Waals surface area (Å²) < 4.78 is 3.08. The highest BCUT2D eigenvalue weighted by Crippen LogP contribution is 2.41. The molecule has 2 aromatic rings. The highest BCUT2D eigenvalue weighted by molar-refractivity contribution is 9.10. The minimum atomic E-state index is 0.199. The normalized spacial score (nSPS) is 25.9. The number of hydrogen-bond acceptors (Lipinski definition) is 2. The molecule has 2 saturated heterocycles. The molecule has 2 fully saturated rings. The standard InChI is InChI=1S/C19H22BrN3O/c1-2-13-3-5-14(6-4-13)19(24)23-16-7-8-17(23)10-18(9-16)22-12-15(20)11-21-22/h3-6,11-12,16-18H,2,7-10H2,1H3. The summed E-state index contributed by atoms with van der Waals surface area (Å²) in [5.41, 5.74) is 2.10. The molecule has 126 valence electrons. The van der Waals surface area contributed by atoms with E-state index in [2.05, 4.69) is 49.7 Å². The Morgan fingerprint density at radius 2 is 1.83 bits per heavy atom. The van der Waals surface area contributed by atoms with E-state index in [4.69, 9.17) is 0 Å². The summed E-state index contributed by atoms with van der Waals surface area (Å²) in [7, 11) is 0. The number of carbonyl (C=O) groups is 1. The molecule has 2 unspecified atom stereocenters. The number of benzene rings is 1. The molecule has 1 aromatic heterocycles. The van der Waals surface area contributed by atoms with Crippen LogP contribution in [0.2, 0.25) is 0 Å². The molecule has 0 saturated carbocycles. The van der Waals surface area contributed by atoms with Gasteiger partial charge >= 0.3 is 0 Å². The monoisotopic (exact) mass is 387 g/mol. The number of fused-ring (bicyclic) bond motifs is 2. The Morgan fingerprint density at radius 3 is 2.38 bits per heavy atom. The van der Waals surface area contributed by atoms with Crippen molar-refractivity contribution in [3.63, 3.8) is 0 Å². The van der Waals surface area contributed by atoms with Crippen LogP contribution in [-0.2, 0) is 6.42 Å². The summed E-state index contributed by atoms with van der Waals surface area (Å²) in [6.45, 7) is 2.13. The van der Waals surface area contributed by atoms with Gasteiger partial charge in [0.2, 0.25) is 0 Å². The van der Waals surface area contributed by atoms with E-state index in [1.54, 1.807) is 0 Å². The molecule has 4 rings (SSSR count). The summed E-state index contributed by atoms with van der Waals surface area (Å²) in [6, 6.07) is 9.20. The second kappa shape index (κ2) is 6.36. The van der Waals surface area contributed by atoms with Crippen LogP contribution in [0.5, 0.6) is 0 Å². The van der Waals surface area contributed by atoms with Crippen LogP contribution in [0.3, 0.4) is 0 Å². The second-order valence-corrected chi connectivity index (χ2v) is 7.83. The zero-order valence-corrected chi connectivity index (χ0v) is 15.4. The molecule has 0 spiro atoms. The Bertz CT molecular complexity index is 725. The molecular formula is C19H22BrN3O. The fraction of sp³-hybridized carbons (Fsp3) is 0.474. The van der Waals surface area contributed by atoms with Gasteiger partial charge in [-0.25, -0.2) is 0 Å². The highest BCUT2D eigenvalue weighted by atomic mass is 79.9. The van der Waals surface area contributed by atoms with Gasteiger partial charge in [-0.2, -0.15) is 5.10 Å². The lowest BCUT2D eigenvalue weighted by Crippen LogP contribution is -2.47. The number of aryl methyl sites for hydroxylation is 1. The largest absolute Gasteiger partial charge is 0.333 e. The van der Waals surface area contributed by atoms with Gasteiger partial charge in [-0.15, -0.1) is 0 Å². The van der Waals surface area contributed by atoms with Crippen molar-refractivity contribution in [1.82, 2.24) is 14.7 Å². The Balaban J connectivity index is 1.52. The summed E-state index contributed by atoms with van der Waals surface area (Å²) in [4.78, 5) is 15.2. The smallest absolute Gasteiger partial charge is 0.254 e. The van der Waals surface area contributed by atoms with Crippen LogP contribution in [0.15, 0.2) is 41.1 Å². The number of piperidine rings is 1. The van der Waals surface area contributed by atoms with Crippen molar-refractivity contribution in [2.24, 2.45) is 0 Å². The van der Waals surface area contributed by atoms with E-state index in [1.807, 2.05) is 24.5 Å². The second-order valence-electron chi connectivity index (χ2n) is 6.91. The number of rotatable bonds is 3. The molecule has 1 aromatic carbocycles. The summed E-state index contributed by atoms with van der Waals surface area (Å²) >= 11 is 3.47. The number of carbonyl (C=O) groups excluding carboxylic acids is 1. The summed E-state index contributed by atoms with van der Waals surface area (Å²) in [5.74, 6) is 0.199. The van der Waals surface area contributed by atoms with Crippen LogP contribution in [0.1, 0.15) is 54.6 Å². The molecule has 0 aliphatic carbocycles. The lowest BCUT2D eigenvalue weighted by atomic mass is 9.96. The zero-order valence-electron chi connectivity index (χ0n) is 13.9. The highest BCUT2D eigenvalue weighted by Gasteiger charge is 2.44. The molecular weight excluding hydrogens is 366 g/mol. The van der Waals surface area contributed by atoms with Crippen molar-refractivity contribution in [3.8, 4) is 0 Å². The van der Waals surface area contributed by atoms with Gasteiger partial charge < -0.3 is 4.90 Å². The maximum atomic E-state index is 13.0. The minimum Gasteiger partial charge on any atom is -0.333 e. The molecule has 2 bridgehead atoms. The Kier molecular flexibility index (Phi) is 4.21. The van der Waals surface area contributed by atoms with Crippen molar-refractivity contribution in [3.05, 3.63) is 52.3 Å². The predicted molar refractivity (Wildman–Crippen MR) is 97.0 cm³/mol. The molecule has 5 heteroatoms. The van der Waals surface area contributed by atoms with E-state index < -0.39 is 0 Å². The Hall–Kier alpha value is -1.62. The first-order valence-electron chi connectivity index (χ1n) is 8.77. The Labute approximate surface area is 151 Å². The van der Waals surface area contributed by atoms with E-state index in [9.17, 15) is 4.79 Å². The average molecular weight is 388 g/mol. The van der Waals surface area contributed by atoms with Crippen LogP contribution < -0.4 is 0 Å². The number of aromatic nitrogens is 2. The summed E-state index contributed by atoms with van der Waals surface area (Å²) in [6.07, 6.45) is 9.13. The zero-order chi connectivity index (χ0) is 16.7. The van der Waals surface area contributed by atoms with Crippen molar-refractivity contribution in [1.29, 1.82) is 0 Å². The van der Waals surface area contributed by atoms with Gasteiger partial charge in [0.1, 0.15) is 0 Å². The van der Waals surface area contributed by atoms with E-state index in [1.165, 1.54) is 5.56 Å². The first kappa shape index (κ1) is 15.9. The van der Waals surface area contributed by atoms with Gasteiger partial charge in [-0.3, -0.25) is 9.48 Å². The SMILES string of the molecule is CCc1ccc(C(=O)N2C3CCC2CC(n2cc(Br)cn2)C3)cc1. The van der Waals surface area contributed by atoms with Crippen LogP contribution >= 0.6 is 15.9 Å². The van der Waals surface area contributed by atoms with E-state index in [0.717, 1.165) is 42.1 Å². The van der Waals surface area contributed by atoms with Gasteiger partial charge in [-0.05, 0) is 65.7 Å². The van der Waals surface area contributed by atoms with Gasteiger partial charge in [-0.1, -0.05) is 19.1 Å². The molecule has 2 aliphatic heterocycles. The molecule has 2 atom stereocenters. The maximum Gasteiger partial charge on any atom is 0.254 e. The lowest BCUT2D eigenvalue weighted by molar-refractivity contribution is 0.0524. The molecule has 2 aliphatic rings. The molecule has 24 heavy (non-hydrogen) atoms. The molecule has 4 nitrogen and oxygen atoms in total. The minimum absolute atomic E-state index is 0.199. The average Bonchev–Trinajstić information content (AvgIpc) is 3.15. The van der Waals surface area contributed by atoms with Crippen molar-refractivity contribution in [2.75, 3.05) is 0 Å². The fourth-order valence-corrected chi connectivity index (χ4v) is 4.54. The molecule has 0 radical (unpaired) electrons. The first-order chi connectivity index (χ1) is 11.7. The van der Waals surface area contributed by atoms with Crippen molar-refractivity contribution >= 4 is 21.8 Å². The van der Waals surface area contributed by atoms with Crippen molar-refractivity contribution in [2.45, 2.75) is 57.2 Å². The fourth-order valence-electron chi connectivity index (χ4n) is 4.24. The van der Waals surface area contributed by atoms with Crippen LogP contribution in [-0.4, -0.2) is 32.7 Å². The van der Waals surface area contributed by atoms with Crippen LogP contribution in [0.25, 0.3) is 0 Å². The number of hydrogen-bond donors (Lipinski definition) is 0. The van der Waals surface area contributed by atoms with Gasteiger partial charge in [0.25, 0.3) is 5.91 Å². The number of halogens is 1. The lowest BCUT2D eigenvalue weighted by Gasteiger charge is -2.39. The maximum absolute atomic E-state index is 13.0. The molecule has 3 heterocycles. The van der Waals surface area contributed by atoms with E-state index >= 15 is 0 Å². The molecule has 0 N–H and O–H groups in total. The molecule has 1 amide bonds. The number of nitrogens with zero attached hydrogens (tertiary/aromatic N) is 3. The van der Waals surface area contributed by atoms with Crippen LogP contribution in [0.4, 0.5) is 0 Å².